The average Bonchev–Trinajstić information content (AvgIpc) is 3.43. The van der Waals surface area contributed by atoms with E-state index in [0.29, 0.717) is 41.1 Å². The fourth-order valence-corrected chi connectivity index (χ4v) is 4.07. The zero-order valence-corrected chi connectivity index (χ0v) is 15.3. The van der Waals surface area contributed by atoms with Gasteiger partial charge in [0.15, 0.2) is 6.10 Å². The molecule has 29 heavy (non-hydrogen) atoms. The molecule has 3 atom stereocenters. The Labute approximate surface area is 165 Å². The Morgan fingerprint density at radius 2 is 2.07 bits per heavy atom. The van der Waals surface area contributed by atoms with Gasteiger partial charge in [0.1, 0.15) is 17.6 Å². The summed E-state index contributed by atoms with van der Waals surface area (Å²) in [7, 11) is 0. The van der Waals surface area contributed by atoms with Gasteiger partial charge in [0.25, 0.3) is 0 Å². The van der Waals surface area contributed by atoms with Crippen LogP contribution < -0.4 is 4.90 Å². The van der Waals surface area contributed by atoms with E-state index in [1.807, 2.05) is 0 Å². The predicted molar refractivity (Wildman–Crippen MR) is 100 cm³/mol. The Balaban J connectivity index is 1.44. The van der Waals surface area contributed by atoms with Crippen LogP contribution in [0, 0.1) is 5.82 Å². The van der Waals surface area contributed by atoms with E-state index in [1.54, 1.807) is 24.4 Å². The van der Waals surface area contributed by atoms with Gasteiger partial charge in [-0.2, -0.15) is 0 Å². The number of halogens is 1. The van der Waals surface area contributed by atoms with Gasteiger partial charge in [-0.1, -0.05) is 11.2 Å². The number of hydrogen-bond acceptors (Lipinski definition) is 7. The zero-order chi connectivity index (χ0) is 20.1. The van der Waals surface area contributed by atoms with E-state index in [4.69, 9.17) is 14.7 Å². The molecule has 0 saturated carbocycles. The minimum absolute atomic E-state index is 0.117. The number of benzene rings is 1. The molecule has 1 aromatic heterocycles. The molecule has 0 radical (unpaired) electrons. The van der Waals surface area contributed by atoms with Crippen LogP contribution in [0.5, 0.6) is 0 Å². The largest absolute Gasteiger partial charge is 0.441 e. The van der Waals surface area contributed by atoms with Crippen molar-refractivity contribution in [1.82, 2.24) is 4.98 Å². The zero-order valence-electron chi connectivity index (χ0n) is 15.3. The van der Waals surface area contributed by atoms with Crippen LogP contribution in [0.15, 0.2) is 35.6 Å². The Morgan fingerprint density at radius 3 is 2.76 bits per heavy atom. The van der Waals surface area contributed by atoms with E-state index in [-0.39, 0.29) is 25.4 Å². The second kappa shape index (κ2) is 6.78. The quantitative estimate of drug-likeness (QED) is 0.810. The first-order valence-electron chi connectivity index (χ1n) is 9.32. The molecule has 0 aliphatic carbocycles. The maximum atomic E-state index is 14.9. The van der Waals surface area contributed by atoms with Crippen LogP contribution in [0.1, 0.15) is 17.7 Å². The molecule has 1 unspecified atom stereocenters. The maximum Gasteiger partial charge on any atom is 0.415 e. The molecule has 0 spiro atoms. The smallest absolute Gasteiger partial charge is 0.415 e. The molecule has 1 aromatic carbocycles. The van der Waals surface area contributed by atoms with E-state index >= 15 is 0 Å². The molecule has 5 rings (SSSR count). The predicted octanol–water partition coefficient (Wildman–Crippen LogP) is 1.62. The van der Waals surface area contributed by atoms with Crippen molar-refractivity contribution in [2.45, 2.75) is 31.1 Å². The van der Waals surface area contributed by atoms with Crippen LogP contribution >= 0.6 is 0 Å². The molecular weight excluding hydrogens is 381 g/mol. The number of nitrogens with zero attached hydrogens (tertiary/aromatic N) is 3. The van der Waals surface area contributed by atoms with E-state index in [9.17, 15) is 14.3 Å². The standard InChI is InChI=1S/C20H18FN3O5/c21-14-6-17-11(4-18-19(9-26)28-20(27)24(17)18)3-13(14)10-1-2-15(22-7-10)16-5-12(8-25)29-23-16/h1-3,6-7,12,18-19,25-26H,4-5,8-9H2/t12?,18-,19-/m0/s1. The molecular formula is C20H18FN3O5. The van der Waals surface area contributed by atoms with Crippen molar-refractivity contribution < 1.29 is 29.0 Å². The molecule has 2 aromatic rings. The summed E-state index contributed by atoms with van der Waals surface area (Å²) in [5.41, 5.74) is 3.54. The molecule has 1 fully saturated rings. The third kappa shape index (κ3) is 2.85. The van der Waals surface area contributed by atoms with Gasteiger partial charge < -0.3 is 19.8 Å². The summed E-state index contributed by atoms with van der Waals surface area (Å²) in [5, 5.41) is 22.5. The van der Waals surface area contributed by atoms with E-state index in [0.717, 1.165) is 5.56 Å². The first-order chi connectivity index (χ1) is 14.1. The first kappa shape index (κ1) is 18.0. The highest BCUT2D eigenvalue weighted by Crippen LogP contribution is 2.41. The molecule has 1 amide bonds. The number of carbonyl (C=O) groups is 1. The average molecular weight is 399 g/mol. The summed E-state index contributed by atoms with van der Waals surface area (Å²) >= 11 is 0. The van der Waals surface area contributed by atoms with Crippen molar-refractivity contribution in [2.75, 3.05) is 18.1 Å². The number of cyclic esters (lactones) is 1. The van der Waals surface area contributed by atoms with Gasteiger partial charge in [-0.25, -0.2) is 9.18 Å². The number of amides is 1. The molecule has 4 heterocycles. The number of oxime groups is 1. The topological polar surface area (TPSA) is 104 Å². The summed E-state index contributed by atoms with van der Waals surface area (Å²) in [6.45, 7) is -0.388. The number of pyridine rings is 1. The van der Waals surface area contributed by atoms with Crippen LogP contribution in [0.4, 0.5) is 14.9 Å². The van der Waals surface area contributed by atoms with Gasteiger partial charge >= 0.3 is 6.09 Å². The lowest BCUT2D eigenvalue weighted by atomic mass is 10.00. The van der Waals surface area contributed by atoms with E-state index in [2.05, 4.69) is 10.1 Å². The Hall–Kier alpha value is -3.04. The van der Waals surface area contributed by atoms with Crippen molar-refractivity contribution in [3.63, 3.8) is 0 Å². The SMILES string of the molecule is O=C1O[C@@H](CO)[C@@H]2Cc3cc(-c4ccc(C5=NOC(CO)C5)nc4)c(F)cc3N12. The van der Waals surface area contributed by atoms with Crippen LogP contribution in [0.3, 0.4) is 0 Å². The van der Waals surface area contributed by atoms with Gasteiger partial charge in [-0.05, 0) is 30.2 Å². The molecule has 9 heteroatoms. The Morgan fingerprint density at radius 1 is 1.21 bits per heavy atom. The van der Waals surface area contributed by atoms with Crippen molar-refractivity contribution in [3.8, 4) is 11.1 Å². The third-order valence-corrected chi connectivity index (χ3v) is 5.55. The normalized spacial score (nSPS) is 24.8. The number of aliphatic hydroxyl groups excluding tert-OH is 2. The van der Waals surface area contributed by atoms with E-state index in [1.165, 1.54) is 11.0 Å². The Kier molecular flexibility index (Phi) is 4.21. The number of aromatic nitrogens is 1. The van der Waals surface area contributed by atoms with Gasteiger partial charge in [-0.3, -0.25) is 9.88 Å². The summed E-state index contributed by atoms with van der Waals surface area (Å²) in [5.74, 6) is -0.471. The number of aliphatic hydroxyl groups is 2. The highest BCUT2D eigenvalue weighted by Gasteiger charge is 2.47. The van der Waals surface area contributed by atoms with Crippen molar-refractivity contribution in [2.24, 2.45) is 5.16 Å². The van der Waals surface area contributed by atoms with Crippen LogP contribution in [0.2, 0.25) is 0 Å². The van der Waals surface area contributed by atoms with Crippen LogP contribution in [0.25, 0.3) is 11.1 Å². The van der Waals surface area contributed by atoms with Gasteiger partial charge in [0, 0.05) is 23.7 Å². The highest BCUT2D eigenvalue weighted by atomic mass is 19.1. The molecule has 1 saturated heterocycles. The van der Waals surface area contributed by atoms with Crippen molar-refractivity contribution in [3.05, 3.63) is 47.5 Å². The van der Waals surface area contributed by atoms with Gasteiger partial charge in [0.2, 0.25) is 0 Å². The van der Waals surface area contributed by atoms with Gasteiger partial charge in [-0.15, -0.1) is 0 Å². The fraction of sp³-hybridized carbons (Fsp3) is 0.350. The Bertz CT molecular complexity index is 1010. The number of rotatable bonds is 4. The molecule has 150 valence electrons. The minimum Gasteiger partial charge on any atom is -0.441 e. The number of anilines is 1. The second-order valence-electron chi connectivity index (χ2n) is 7.29. The lowest BCUT2D eigenvalue weighted by Crippen LogP contribution is -2.34. The summed E-state index contributed by atoms with van der Waals surface area (Å²) in [6.07, 6.45) is 0.989. The van der Waals surface area contributed by atoms with Crippen LogP contribution in [-0.4, -0.2) is 58.5 Å². The number of carbonyl (C=O) groups excluding carboxylic acids is 1. The molecule has 3 aliphatic rings. The number of hydrogen-bond donors (Lipinski definition) is 2. The molecule has 3 aliphatic heterocycles. The molecule has 2 N–H and O–H groups in total. The number of ether oxygens (including phenoxy) is 1. The van der Waals surface area contributed by atoms with Crippen molar-refractivity contribution in [1.29, 1.82) is 0 Å². The van der Waals surface area contributed by atoms with Gasteiger partial charge in [0.05, 0.1) is 30.6 Å². The van der Waals surface area contributed by atoms with Crippen molar-refractivity contribution >= 4 is 17.5 Å². The third-order valence-electron chi connectivity index (χ3n) is 5.55. The molecule has 0 bridgehead atoms. The summed E-state index contributed by atoms with van der Waals surface area (Å²) < 4.78 is 20.0. The van der Waals surface area contributed by atoms with E-state index < -0.39 is 18.0 Å². The fourth-order valence-electron chi connectivity index (χ4n) is 4.07. The second-order valence-corrected chi connectivity index (χ2v) is 7.29. The monoisotopic (exact) mass is 399 g/mol. The summed E-state index contributed by atoms with van der Waals surface area (Å²) in [4.78, 5) is 23.0. The lowest BCUT2D eigenvalue weighted by Gasteiger charge is -2.15. The highest BCUT2D eigenvalue weighted by molar-refractivity contribution is 6.00. The molecule has 8 nitrogen and oxygen atoms in total. The first-order valence-corrected chi connectivity index (χ1v) is 9.32. The summed E-state index contributed by atoms with van der Waals surface area (Å²) in [6, 6.07) is 6.22. The van der Waals surface area contributed by atoms with Crippen LogP contribution in [-0.2, 0) is 16.0 Å². The number of fused-ring (bicyclic) bond motifs is 3. The maximum absolute atomic E-state index is 14.9. The minimum atomic E-state index is -0.612. The lowest BCUT2D eigenvalue weighted by molar-refractivity contribution is 0.0390.